The van der Waals surface area contributed by atoms with Gasteiger partial charge in [0.15, 0.2) is 11.7 Å². The van der Waals surface area contributed by atoms with Crippen LogP contribution in [0, 0.1) is 0 Å². The van der Waals surface area contributed by atoms with Gasteiger partial charge in [0.1, 0.15) is 0 Å². The van der Waals surface area contributed by atoms with E-state index in [2.05, 4.69) is 10.3 Å². The molecule has 2 rings (SSSR count). The second kappa shape index (κ2) is 5.92. The molecule has 6 heteroatoms. The molecule has 0 bridgehead atoms. The Morgan fingerprint density at radius 2 is 2.06 bits per heavy atom. The number of aromatic nitrogens is 1. The molecule has 92 valence electrons. The molecule has 0 radical (unpaired) electrons. The minimum Gasteiger partial charge on any atom is -0.452 e. The smallest absolute Gasteiger partial charge is 0.338 e. The predicted molar refractivity (Wildman–Crippen MR) is 67.5 cm³/mol. The zero-order valence-electron chi connectivity index (χ0n) is 9.33. The van der Waals surface area contributed by atoms with Crippen LogP contribution in [0.5, 0.6) is 0 Å². The number of anilines is 1. The van der Waals surface area contributed by atoms with Crippen molar-refractivity contribution in [3.8, 4) is 0 Å². The van der Waals surface area contributed by atoms with Crippen molar-refractivity contribution in [2.75, 3.05) is 11.9 Å². The summed E-state index contributed by atoms with van der Waals surface area (Å²) in [5.74, 6) is -0.931. The highest BCUT2D eigenvalue weighted by Gasteiger charge is 2.10. The number of esters is 1. The van der Waals surface area contributed by atoms with Crippen LogP contribution in [0.25, 0.3) is 0 Å². The zero-order valence-corrected chi connectivity index (χ0v) is 10.1. The Hall–Kier alpha value is -2.21. The Bertz CT molecular complexity index is 526. The summed E-state index contributed by atoms with van der Waals surface area (Å²) in [6.45, 7) is -0.326. The maximum atomic E-state index is 11.5. The number of rotatable bonds is 4. The summed E-state index contributed by atoms with van der Waals surface area (Å²) in [5.41, 5.74) is 0.416. The molecule has 1 heterocycles. The van der Waals surface area contributed by atoms with Crippen molar-refractivity contribution in [2.24, 2.45) is 0 Å². The molecule has 1 aromatic carbocycles. The maximum Gasteiger partial charge on any atom is 0.338 e. The van der Waals surface area contributed by atoms with Crippen molar-refractivity contribution in [1.82, 2.24) is 4.98 Å². The third kappa shape index (κ3) is 3.39. The zero-order chi connectivity index (χ0) is 12.8. The van der Waals surface area contributed by atoms with E-state index in [-0.39, 0.29) is 6.61 Å². The van der Waals surface area contributed by atoms with E-state index in [1.165, 1.54) is 11.3 Å². The molecule has 18 heavy (non-hydrogen) atoms. The number of hydrogen-bond acceptors (Lipinski definition) is 5. The molecular formula is C12H10N2O3S. The van der Waals surface area contributed by atoms with Crippen molar-refractivity contribution in [3.63, 3.8) is 0 Å². The van der Waals surface area contributed by atoms with Crippen LogP contribution in [0.4, 0.5) is 5.13 Å². The molecule has 1 aromatic heterocycles. The molecule has 0 spiro atoms. The normalized spacial score (nSPS) is 9.78. The summed E-state index contributed by atoms with van der Waals surface area (Å²) in [5, 5.41) is 4.74. The van der Waals surface area contributed by atoms with Crippen LogP contribution in [-0.2, 0) is 9.53 Å². The lowest BCUT2D eigenvalue weighted by molar-refractivity contribution is -0.119. The molecule has 2 aromatic rings. The Labute approximate surface area is 107 Å². The molecule has 0 atom stereocenters. The number of carbonyl (C=O) groups excluding carboxylic acids is 2. The molecule has 0 aliphatic heterocycles. The number of benzene rings is 1. The second-order valence-electron chi connectivity index (χ2n) is 3.33. The van der Waals surface area contributed by atoms with Crippen molar-refractivity contribution in [1.29, 1.82) is 0 Å². The highest BCUT2D eigenvalue weighted by Crippen LogP contribution is 2.09. The van der Waals surface area contributed by atoms with E-state index >= 15 is 0 Å². The van der Waals surface area contributed by atoms with Crippen molar-refractivity contribution < 1.29 is 14.3 Å². The van der Waals surface area contributed by atoms with Gasteiger partial charge < -0.3 is 4.74 Å². The summed E-state index contributed by atoms with van der Waals surface area (Å²) in [4.78, 5) is 26.8. The standard InChI is InChI=1S/C12H10N2O3S/c15-10(14-12-13-6-7-18-12)8-17-11(16)9-4-2-1-3-5-9/h1-7H,8H2,(H,13,14,15). The van der Waals surface area contributed by atoms with E-state index in [1.54, 1.807) is 41.9 Å². The Morgan fingerprint density at radius 1 is 1.28 bits per heavy atom. The fourth-order valence-corrected chi connectivity index (χ4v) is 1.77. The molecule has 1 amide bonds. The van der Waals surface area contributed by atoms with Gasteiger partial charge in [-0.05, 0) is 12.1 Å². The highest BCUT2D eigenvalue weighted by molar-refractivity contribution is 7.13. The van der Waals surface area contributed by atoms with E-state index in [9.17, 15) is 9.59 Å². The first kappa shape index (κ1) is 12.3. The predicted octanol–water partition coefficient (Wildman–Crippen LogP) is 1.94. The molecule has 5 nitrogen and oxygen atoms in total. The summed E-state index contributed by atoms with van der Waals surface area (Å²) in [6, 6.07) is 8.51. The summed E-state index contributed by atoms with van der Waals surface area (Å²) >= 11 is 1.30. The highest BCUT2D eigenvalue weighted by atomic mass is 32.1. The van der Waals surface area contributed by atoms with Crippen LogP contribution in [0.3, 0.4) is 0 Å². The first-order chi connectivity index (χ1) is 8.75. The average Bonchev–Trinajstić information content (AvgIpc) is 2.90. The van der Waals surface area contributed by atoms with Crippen LogP contribution in [0.2, 0.25) is 0 Å². The van der Waals surface area contributed by atoms with E-state index in [1.807, 2.05) is 0 Å². The monoisotopic (exact) mass is 262 g/mol. The molecule has 0 saturated carbocycles. The fraction of sp³-hybridized carbons (Fsp3) is 0.0833. The number of nitrogens with one attached hydrogen (secondary N) is 1. The van der Waals surface area contributed by atoms with Gasteiger partial charge in [-0.25, -0.2) is 9.78 Å². The summed E-state index contributed by atoms with van der Waals surface area (Å²) in [7, 11) is 0. The molecule has 0 aliphatic rings. The number of thiazole rings is 1. The van der Waals surface area contributed by atoms with E-state index in [0.29, 0.717) is 10.7 Å². The van der Waals surface area contributed by atoms with Crippen LogP contribution < -0.4 is 5.32 Å². The number of nitrogens with zero attached hydrogens (tertiary/aromatic N) is 1. The topological polar surface area (TPSA) is 68.3 Å². The Balaban J connectivity index is 1.81. The Morgan fingerprint density at radius 3 is 2.72 bits per heavy atom. The van der Waals surface area contributed by atoms with Gasteiger partial charge in [-0.1, -0.05) is 18.2 Å². The van der Waals surface area contributed by atoms with Gasteiger partial charge in [0.2, 0.25) is 0 Å². The molecular weight excluding hydrogens is 252 g/mol. The first-order valence-electron chi connectivity index (χ1n) is 5.17. The second-order valence-corrected chi connectivity index (χ2v) is 4.22. The van der Waals surface area contributed by atoms with Crippen molar-refractivity contribution in [2.45, 2.75) is 0 Å². The molecule has 1 N–H and O–H groups in total. The van der Waals surface area contributed by atoms with Gasteiger partial charge in [-0.2, -0.15) is 0 Å². The number of amides is 1. The molecule has 0 fully saturated rings. The quantitative estimate of drug-likeness (QED) is 0.855. The van der Waals surface area contributed by atoms with Crippen LogP contribution in [0.15, 0.2) is 41.9 Å². The number of hydrogen-bond donors (Lipinski definition) is 1. The number of ether oxygens (including phenoxy) is 1. The molecule has 0 unspecified atom stereocenters. The van der Waals surface area contributed by atoms with Crippen LogP contribution >= 0.6 is 11.3 Å². The Kier molecular flexibility index (Phi) is 4.03. The van der Waals surface area contributed by atoms with Gasteiger partial charge in [-0.3, -0.25) is 10.1 Å². The third-order valence-electron chi connectivity index (χ3n) is 2.02. The lowest BCUT2D eigenvalue weighted by Crippen LogP contribution is -2.20. The number of carbonyl (C=O) groups is 2. The van der Waals surface area contributed by atoms with Crippen LogP contribution in [0.1, 0.15) is 10.4 Å². The SMILES string of the molecule is O=C(COC(=O)c1ccccc1)Nc1nccs1. The van der Waals surface area contributed by atoms with Crippen molar-refractivity contribution in [3.05, 3.63) is 47.5 Å². The molecule has 0 aliphatic carbocycles. The minimum atomic E-state index is -0.523. The van der Waals surface area contributed by atoms with Gasteiger partial charge in [-0.15, -0.1) is 11.3 Å². The average molecular weight is 262 g/mol. The molecule has 0 saturated heterocycles. The minimum absolute atomic E-state index is 0.326. The lowest BCUT2D eigenvalue weighted by atomic mass is 10.2. The van der Waals surface area contributed by atoms with E-state index < -0.39 is 11.9 Å². The largest absolute Gasteiger partial charge is 0.452 e. The van der Waals surface area contributed by atoms with Gasteiger partial charge >= 0.3 is 5.97 Å². The van der Waals surface area contributed by atoms with Crippen molar-refractivity contribution >= 4 is 28.3 Å². The summed E-state index contributed by atoms with van der Waals surface area (Å²) in [6.07, 6.45) is 1.58. The van der Waals surface area contributed by atoms with Gasteiger partial charge in [0, 0.05) is 11.6 Å². The first-order valence-corrected chi connectivity index (χ1v) is 6.05. The summed E-state index contributed by atoms with van der Waals surface area (Å²) < 4.78 is 4.86. The van der Waals surface area contributed by atoms with E-state index in [0.717, 1.165) is 0 Å². The third-order valence-corrected chi connectivity index (χ3v) is 2.71. The van der Waals surface area contributed by atoms with Gasteiger partial charge in [0.05, 0.1) is 5.56 Å². The lowest BCUT2D eigenvalue weighted by Gasteiger charge is -2.04. The fourth-order valence-electron chi connectivity index (χ4n) is 1.23. The van der Waals surface area contributed by atoms with Crippen LogP contribution in [-0.4, -0.2) is 23.5 Å². The van der Waals surface area contributed by atoms with Gasteiger partial charge in [0.25, 0.3) is 5.91 Å². The maximum absolute atomic E-state index is 11.5. The van der Waals surface area contributed by atoms with E-state index in [4.69, 9.17) is 4.74 Å².